The van der Waals surface area contributed by atoms with E-state index in [2.05, 4.69) is 15.3 Å². The van der Waals surface area contributed by atoms with Crippen molar-refractivity contribution >= 4 is 5.91 Å². The van der Waals surface area contributed by atoms with Crippen molar-refractivity contribution < 1.29 is 19.4 Å². The average molecular weight is 363 g/mol. The van der Waals surface area contributed by atoms with Crippen LogP contribution < -0.4 is 20.5 Å². The molecule has 142 valence electrons. The van der Waals surface area contributed by atoms with Crippen LogP contribution in [0.4, 0.5) is 0 Å². The van der Waals surface area contributed by atoms with E-state index < -0.39 is 5.69 Å². The van der Waals surface area contributed by atoms with Crippen LogP contribution in [0.1, 0.15) is 38.5 Å². The van der Waals surface area contributed by atoms with Gasteiger partial charge in [-0.2, -0.15) is 4.98 Å². The van der Waals surface area contributed by atoms with Crippen molar-refractivity contribution in [3.63, 3.8) is 0 Å². The number of carbonyl (C=O) groups is 1. The highest BCUT2D eigenvalue weighted by atomic mass is 16.5. The van der Waals surface area contributed by atoms with Crippen LogP contribution in [0.2, 0.25) is 0 Å². The fourth-order valence-electron chi connectivity index (χ4n) is 5.46. The molecule has 26 heavy (non-hydrogen) atoms. The van der Waals surface area contributed by atoms with Crippen LogP contribution in [0, 0.1) is 17.8 Å². The van der Waals surface area contributed by atoms with E-state index in [1.807, 2.05) is 0 Å². The molecule has 8 heteroatoms. The zero-order chi connectivity index (χ0) is 18.1. The van der Waals surface area contributed by atoms with Gasteiger partial charge in [0.05, 0.1) is 12.7 Å². The SMILES string of the molecule is O=C(COc1cc(OCCO)[nH]c(=O)n1)NC12CC3CC(CC(C3)C1)C2. The van der Waals surface area contributed by atoms with E-state index in [0.29, 0.717) is 0 Å². The minimum Gasteiger partial charge on any atom is -0.476 e. The van der Waals surface area contributed by atoms with Crippen LogP contribution in [-0.2, 0) is 4.79 Å². The number of H-pyrrole nitrogens is 1. The van der Waals surface area contributed by atoms with Gasteiger partial charge in [-0.15, -0.1) is 0 Å². The van der Waals surface area contributed by atoms with Gasteiger partial charge in [-0.3, -0.25) is 9.78 Å². The van der Waals surface area contributed by atoms with Crippen molar-refractivity contribution in [2.45, 2.75) is 44.1 Å². The third kappa shape index (κ3) is 3.70. The maximum absolute atomic E-state index is 12.4. The molecule has 4 aliphatic rings. The summed E-state index contributed by atoms with van der Waals surface area (Å²) in [6, 6.07) is 1.40. The van der Waals surface area contributed by atoms with Gasteiger partial charge in [0, 0.05) is 5.54 Å². The van der Waals surface area contributed by atoms with Gasteiger partial charge >= 0.3 is 5.69 Å². The predicted octanol–water partition coefficient (Wildman–Crippen LogP) is 0.605. The summed E-state index contributed by atoms with van der Waals surface area (Å²) in [6.45, 7) is -0.308. The number of ether oxygens (including phenoxy) is 2. The molecule has 4 aliphatic carbocycles. The Morgan fingerprint density at radius 3 is 2.50 bits per heavy atom. The summed E-state index contributed by atoms with van der Waals surface area (Å²) in [7, 11) is 0. The molecule has 4 saturated carbocycles. The number of aliphatic hydroxyl groups is 1. The Labute approximate surface area is 151 Å². The quantitative estimate of drug-likeness (QED) is 0.654. The number of nitrogens with one attached hydrogen (secondary N) is 2. The molecule has 1 aromatic heterocycles. The minimum absolute atomic E-state index is 0.0300. The molecule has 0 radical (unpaired) electrons. The molecule has 0 spiro atoms. The standard InChI is InChI=1S/C18H25N3O5/c22-1-2-25-15-6-16(20-17(24)19-15)26-10-14(23)21-18-7-11-3-12(8-18)5-13(4-11)9-18/h6,11-13,22H,1-5,7-10H2,(H,21,23)(H,19,20,24). The van der Waals surface area contributed by atoms with E-state index in [0.717, 1.165) is 37.0 Å². The van der Waals surface area contributed by atoms with Crippen molar-refractivity contribution in [3.05, 3.63) is 16.6 Å². The number of nitrogens with zero attached hydrogens (tertiary/aromatic N) is 1. The Bertz CT molecular complexity index is 696. The van der Waals surface area contributed by atoms with E-state index in [9.17, 15) is 9.59 Å². The minimum atomic E-state index is -0.628. The van der Waals surface area contributed by atoms with Gasteiger partial charge in [0.1, 0.15) is 6.61 Å². The number of aliphatic hydroxyl groups excluding tert-OH is 1. The molecular formula is C18H25N3O5. The molecule has 0 aromatic carbocycles. The number of aromatic amines is 1. The molecule has 1 heterocycles. The van der Waals surface area contributed by atoms with E-state index in [1.54, 1.807) is 0 Å². The molecule has 4 bridgehead atoms. The Morgan fingerprint density at radius 2 is 1.88 bits per heavy atom. The fourth-order valence-corrected chi connectivity index (χ4v) is 5.46. The van der Waals surface area contributed by atoms with Crippen LogP contribution in [0.25, 0.3) is 0 Å². The van der Waals surface area contributed by atoms with Crippen LogP contribution >= 0.6 is 0 Å². The summed E-state index contributed by atoms with van der Waals surface area (Å²) < 4.78 is 10.5. The summed E-state index contributed by atoms with van der Waals surface area (Å²) in [6.07, 6.45) is 7.18. The molecule has 4 fully saturated rings. The highest BCUT2D eigenvalue weighted by molar-refractivity contribution is 5.78. The molecule has 8 nitrogen and oxygen atoms in total. The molecular weight excluding hydrogens is 338 g/mol. The number of rotatable bonds is 7. The van der Waals surface area contributed by atoms with E-state index in [1.165, 1.54) is 25.3 Å². The Morgan fingerprint density at radius 1 is 1.23 bits per heavy atom. The first-order chi connectivity index (χ1) is 12.5. The number of hydrogen-bond acceptors (Lipinski definition) is 6. The number of amides is 1. The highest BCUT2D eigenvalue weighted by Gasteiger charge is 2.51. The Kier molecular flexibility index (Phi) is 4.60. The lowest BCUT2D eigenvalue weighted by Gasteiger charge is -2.56. The zero-order valence-electron chi connectivity index (χ0n) is 14.7. The Balaban J connectivity index is 1.34. The first kappa shape index (κ1) is 17.3. The lowest BCUT2D eigenvalue weighted by molar-refractivity contribution is -0.128. The normalized spacial score (nSPS) is 31.7. The van der Waals surface area contributed by atoms with Crippen LogP contribution in [0.5, 0.6) is 11.8 Å². The third-order valence-electron chi connectivity index (χ3n) is 5.84. The first-order valence-corrected chi connectivity index (χ1v) is 9.32. The lowest BCUT2D eigenvalue weighted by Crippen LogP contribution is -2.60. The molecule has 0 atom stereocenters. The first-order valence-electron chi connectivity index (χ1n) is 9.32. The molecule has 0 saturated heterocycles. The molecule has 5 rings (SSSR count). The molecule has 1 aromatic rings. The molecule has 3 N–H and O–H groups in total. The second kappa shape index (κ2) is 6.90. The third-order valence-corrected chi connectivity index (χ3v) is 5.84. The summed E-state index contributed by atoms with van der Waals surface area (Å²) in [5.41, 5.74) is -0.691. The summed E-state index contributed by atoms with van der Waals surface area (Å²) >= 11 is 0. The number of hydrogen-bond donors (Lipinski definition) is 3. The van der Waals surface area contributed by atoms with E-state index >= 15 is 0 Å². The van der Waals surface area contributed by atoms with E-state index in [4.69, 9.17) is 14.6 Å². The Hall–Kier alpha value is -2.09. The molecule has 1 amide bonds. The van der Waals surface area contributed by atoms with Gasteiger partial charge in [0.25, 0.3) is 5.91 Å². The van der Waals surface area contributed by atoms with Crippen LogP contribution in [-0.4, -0.2) is 46.3 Å². The second-order valence-electron chi connectivity index (χ2n) is 8.00. The summed E-state index contributed by atoms with van der Waals surface area (Å²) in [5, 5.41) is 12.0. The van der Waals surface area contributed by atoms with Gasteiger partial charge in [-0.25, -0.2) is 4.79 Å². The highest BCUT2D eigenvalue weighted by Crippen LogP contribution is 2.55. The topological polar surface area (TPSA) is 114 Å². The van der Waals surface area contributed by atoms with E-state index in [-0.39, 0.29) is 43.0 Å². The smallest absolute Gasteiger partial charge is 0.351 e. The maximum Gasteiger partial charge on any atom is 0.351 e. The number of aromatic nitrogens is 2. The van der Waals surface area contributed by atoms with Gasteiger partial charge in [0.15, 0.2) is 12.5 Å². The lowest BCUT2D eigenvalue weighted by atomic mass is 9.53. The summed E-state index contributed by atoms with van der Waals surface area (Å²) in [5.74, 6) is 2.26. The predicted molar refractivity (Wildman–Crippen MR) is 92.0 cm³/mol. The van der Waals surface area contributed by atoms with Crippen LogP contribution in [0.3, 0.4) is 0 Å². The maximum atomic E-state index is 12.4. The average Bonchev–Trinajstić information content (AvgIpc) is 2.56. The second-order valence-corrected chi connectivity index (χ2v) is 8.00. The zero-order valence-corrected chi connectivity index (χ0v) is 14.7. The van der Waals surface area contributed by atoms with Crippen molar-refractivity contribution in [2.75, 3.05) is 19.8 Å². The van der Waals surface area contributed by atoms with Gasteiger partial charge < -0.3 is 19.9 Å². The van der Waals surface area contributed by atoms with Gasteiger partial charge in [0.2, 0.25) is 5.88 Å². The summed E-state index contributed by atoms with van der Waals surface area (Å²) in [4.78, 5) is 30.0. The van der Waals surface area contributed by atoms with Gasteiger partial charge in [-0.1, -0.05) is 0 Å². The van der Waals surface area contributed by atoms with Crippen molar-refractivity contribution in [1.29, 1.82) is 0 Å². The monoisotopic (exact) mass is 363 g/mol. The molecule has 0 aliphatic heterocycles. The van der Waals surface area contributed by atoms with Crippen LogP contribution in [0.15, 0.2) is 10.9 Å². The molecule has 0 unspecified atom stereocenters. The van der Waals surface area contributed by atoms with Crippen molar-refractivity contribution in [2.24, 2.45) is 17.8 Å². The largest absolute Gasteiger partial charge is 0.476 e. The van der Waals surface area contributed by atoms with Gasteiger partial charge in [-0.05, 0) is 56.3 Å². The number of carbonyl (C=O) groups excluding carboxylic acids is 1. The van der Waals surface area contributed by atoms with Crippen molar-refractivity contribution in [3.8, 4) is 11.8 Å². The van der Waals surface area contributed by atoms with Crippen molar-refractivity contribution in [1.82, 2.24) is 15.3 Å². The fraction of sp³-hybridized carbons (Fsp3) is 0.722.